The number of fused-ring (bicyclic) bond motifs is 1. The van der Waals surface area contributed by atoms with Gasteiger partial charge >= 0.3 is 0 Å². The molecule has 1 unspecified atom stereocenters. The molecule has 188 valence electrons. The molecule has 1 aliphatic heterocycles. The zero-order chi connectivity index (χ0) is 24.7. The Morgan fingerprint density at radius 2 is 1.66 bits per heavy atom. The number of piperazine rings is 1. The van der Waals surface area contributed by atoms with Crippen molar-refractivity contribution < 1.29 is 0 Å². The second kappa shape index (κ2) is 9.47. The van der Waals surface area contributed by atoms with Crippen molar-refractivity contribution in [3.8, 4) is 0 Å². The second-order valence-electron chi connectivity index (χ2n) is 11.5. The van der Waals surface area contributed by atoms with Gasteiger partial charge in [-0.15, -0.1) is 5.10 Å². The highest BCUT2D eigenvalue weighted by Gasteiger charge is 2.36. The third-order valence-corrected chi connectivity index (χ3v) is 7.96. The molecule has 35 heavy (non-hydrogen) atoms. The van der Waals surface area contributed by atoms with Crippen molar-refractivity contribution in [3.05, 3.63) is 51.1 Å². The van der Waals surface area contributed by atoms with Gasteiger partial charge in [0.1, 0.15) is 6.04 Å². The summed E-state index contributed by atoms with van der Waals surface area (Å²) in [6.07, 6.45) is 6.69. The fraction of sp³-hybridized carbons (Fsp3) is 0.630. The molecule has 1 saturated heterocycles. The first-order chi connectivity index (χ1) is 16.7. The summed E-state index contributed by atoms with van der Waals surface area (Å²) in [5.74, 6) is 0.734. The van der Waals surface area contributed by atoms with Crippen LogP contribution in [0.1, 0.15) is 81.4 Å². The van der Waals surface area contributed by atoms with Crippen LogP contribution in [0.5, 0.6) is 0 Å². The van der Waals surface area contributed by atoms with E-state index in [1.807, 2.05) is 4.68 Å². The van der Waals surface area contributed by atoms with Crippen molar-refractivity contribution in [2.24, 2.45) is 0 Å². The summed E-state index contributed by atoms with van der Waals surface area (Å²) in [5, 5.41) is 13.9. The standard InChI is InChI=1S/C27H39N7O/c1-18-15-20-17-22(26(35)28-23(20)16-19(18)2)24(25-29-30-31-34(25)27(3,4)5)33-13-11-32(12-14-33)21-9-7-6-8-10-21/h15-17,21,24H,6-14H2,1-5H3,(H,28,35). The lowest BCUT2D eigenvalue weighted by Crippen LogP contribution is -2.52. The average Bonchev–Trinajstić information content (AvgIpc) is 3.32. The zero-order valence-electron chi connectivity index (χ0n) is 21.8. The van der Waals surface area contributed by atoms with E-state index in [2.05, 4.69) is 83.1 Å². The molecule has 2 aromatic heterocycles. The molecule has 5 rings (SSSR count). The molecular formula is C27H39N7O. The van der Waals surface area contributed by atoms with E-state index in [4.69, 9.17) is 0 Å². The summed E-state index contributed by atoms with van der Waals surface area (Å²) in [5.41, 5.74) is 3.62. The third kappa shape index (κ3) is 4.78. The number of pyridine rings is 1. The van der Waals surface area contributed by atoms with Crippen LogP contribution in [0.3, 0.4) is 0 Å². The van der Waals surface area contributed by atoms with E-state index in [-0.39, 0.29) is 17.1 Å². The van der Waals surface area contributed by atoms with Crippen LogP contribution in [0, 0.1) is 13.8 Å². The number of H-pyrrole nitrogens is 1. The molecule has 2 aliphatic rings. The number of hydrogen-bond donors (Lipinski definition) is 1. The van der Waals surface area contributed by atoms with Gasteiger partial charge in [0, 0.05) is 43.3 Å². The van der Waals surface area contributed by atoms with E-state index in [1.54, 1.807) is 0 Å². The van der Waals surface area contributed by atoms with Crippen molar-refractivity contribution in [1.82, 2.24) is 35.0 Å². The molecule has 3 aromatic rings. The maximum absolute atomic E-state index is 13.5. The van der Waals surface area contributed by atoms with E-state index in [9.17, 15) is 4.79 Å². The van der Waals surface area contributed by atoms with Crippen molar-refractivity contribution in [2.75, 3.05) is 26.2 Å². The highest BCUT2D eigenvalue weighted by atomic mass is 16.1. The summed E-state index contributed by atoms with van der Waals surface area (Å²) in [6.45, 7) is 14.3. The van der Waals surface area contributed by atoms with Crippen molar-refractivity contribution in [1.29, 1.82) is 0 Å². The number of nitrogens with one attached hydrogen (secondary N) is 1. The normalized spacial score (nSPS) is 19.9. The lowest BCUT2D eigenvalue weighted by Gasteiger charge is -2.43. The Morgan fingerprint density at radius 1 is 0.971 bits per heavy atom. The lowest BCUT2D eigenvalue weighted by molar-refractivity contribution is 0.0606. The van der Waals surface area contributed by atoms with Gasteiger partial charge in [-0.1, -0.05) is 19.3 Å². The highest BCUT2D eigenvalue weighted by molar-refractivity contribution is 5.81. The SMILES string of the molecule is Cc1cc2cc(C(c3nnnn3C(C)(C)C)N3CCN(C4CCCCC4)CC3)c(=O)[nH]c2cc1C. The lowest BCUT2D eigenvalue weighted by atomic mass is 9.93. The summed E-state index contributed by atoms with van der Waals surface area (Å²) in [6, 6.07) is 6.69. The van der Waals surface area contributed by atoms with Gasteiger partial charge in [0.2, 0.25) is 0 Å². The monoisotopic (exact) mass is 477 g/mol. The topological polar surface area (TPSA) is 82.9 Å². The van der Waals surface area contributed by atoms with Crippen LogP contribution < -0.4 is 5.56 Å². The van der Waals surface area contributed by atoms with E-state index >= 15 is 0 Å². The largest absolute Gasteiger partial charge is 0.322 e. The smallest absolute Gasteiger partial charge is 0.253 e. The Labute approximate surface area is 207 Å². The molecule has 0 radical (unpaired) electrons. The molecule has 0 amide bonds. The number of tetrazole rings is 1. The number of benzene rings is 1. The van der Waals surface area contributed by atoms with Gasteiger partial charge in [-0.2, -0.15) is 0 Å². The molecule has 3 heterocycles. The third-order valence-electron chi connectivity index (χ3n) is 7.96. The predicted molar refractivity (Wildman–Crippen MR) is 139 cm³/mol. The molecular weight excluding hydrogens is 438 g/mol. The zero-order valence-corrected chi connectivity index (χ0v) is 21.8. The van der Waals surface area contributed by atoms with Crippen LogP contribution in [-0.4, -0.2) is 67.2 Å². The predicted octanol–water partition coefficient (Wildman–Crippen LogP) is 3.93. The number of aryl methyl sites for hydroxylation is 2. The van der Waals surface area contributed by atoms with E-state index in [0.29, 0.717) is 11.6 Å². The van der Waals surface area contributed by atoms with Crippen LogP contribution in [0.4, 0.5) is 0 Å². The van der Waals surface area contributed by atoms with Crippen LogP contribution in [0.2, 0.25) is 0 Å². The number of nitrogens with zero attached hydrogens (tertiary/aromatic N) is 6. The van der Waals surface area contributed by atoms with Gasteiger partial charge in [-0.05, 0) is 92.6 Å². The van der Waals surface area contributed by atoms with Gasteiger partial charge in [0.05, 0.1) is 5.54 Å². The molecule has 1 aliphatic carbocycles. The van der Waals surface area contributed by atoms with Gasteiger partial charge in [0.25, 0.3) is 5.56 Å². The van der Waals surface area contributed by atoms with Crippen molar-refractivity contribution in [3.63, 3.8) is 0 Å². The fourth-order valence-corrected chi connectivity index (χ4v) is 5.85. The summed E-state index contributed by atoms with van der Waals surface area (Å²) >= 11 is 0. The first-order valence-corrected chi connectivity index (χ1v) is 13.1. The Kier molecular flexibility index (Phi) is 6.53. The van der Waals surface area contributed by atoms with Crippen LogP contribution in [0.25, 0.3) is 10.9 Å². The average molecular weight is 478 g/mol. The molecule has 1 saturated carbocycles. The Morgan fingerprint density at radius 3 is 2.34 bits per heavy atom. The maximum atomic E-state index is 13.5. The molecule has 0 bridgehead atoms. The minimum atomic E-state index is -0.299. The molecule has 8 heteroatoms. The Balaban J connectivity index is 1.54. The minimum absolute atomic E-state index is 0.0658. The van der Waals surface area contributed by atoms with E-state index < -0.39 is 0 Å². The molecule has 2 fully saturated rings. The second-order valence-corrected chi connectivity index (χ2v) is 11.5. The first-order valence-electron chi connectivity index (χ1n) is 13.1. The van der Waals surface area contributed by atoms with Crippen LogP contribution >= 0.6 is 0 Å². The number of aromatic nitrogens is 5. The van der Waals surface area contributed by atoms with Gasteiger partial charge in [0.15, 0.2) is 5.82 Å². The molecule has 1 atom stereocenters. The fourth-order valence-electron chi connectivity index (χ4n) is 5.85. The first kappa shape index (κ1) is 24.1. The molecule has 0 spiro atoms. The summed E-state index contributed by atoms with van der Waals surface area (Å²) < 4.78 is 1.88. The summed E-state index contributed by atoms with van der Waals surface area (Å²) in [7, 11) is 0. The van der Waals surface area contributed by atoms with Gasteiger partial charge in [-0.3, -0.25) is 14.6 Å². The van der Waals surface area contributed by atoms with Gasteiger partial charge < -0.3 is 4.98 Å². The molecule has 8 nitrogen and oxygen atoms in total. The van der Waals surface area contributed by atoms with E-state index in [0.717, 1.165) is 42.9 Å². The minimum Gasteiger partial charge on any atom is -0.322 e. The summed E-state index contributed by atoms with van der Waals surface area (Å²) in [4.78, 5) is 21.7. The molecule has 1 aromatic carbocycles. The van der Waals surface area contributed by atoms with Crippen LogP contribution in [0.15, 0.2) is 23.0 Å². The number of aromatic amines is 1. The quantitative estimate of drug-likeness (QED) is 0.613. The van der Waals surface area contributed by atoms with Crippen LogP contribution in [-0.2, 0) is 5.54 Å². The highest BCUT2D eigenvalue weighted by Crippen LogP contribution is 2.32. The maximum Gasteiger partial charge on any atom is 0.253 e. The van der Waals surface area contributed by atoms with Crippen molar-refractivity contribution in [2.45, 2.75) is 84.3 Å². The van der Waals surface area contributed by atoms with Gasteiger partial charge in [-0.25, -0.2) is 4.68 Å². The van der Waals surface area contributed by atoms with E-state index in [1.165, 1.54) is 43.2 Å². The van der Waals surface area contributed by atoms with Crippen molar-refractivity contribution >= 4 is 10.9 Å². The number of rotatable bonds is 4. The Hall–Kier alpha value is -2.58. The Bertz CT molecular complexity index is 1240. The molecule has 1 N–H and O–H groups in total. The number of hydrogen-bond acceptors (Lipinski definition) is 6.